The van der Waals surface area contributed by atoms with E-state index < -0.39 is 22.8 Å². The molecule has 2 N–H and O–H groups in total. The molecular formula is C19H24N4O3. The molecule has 0 bridgehead atoms. The molecule has 0 unspecified atom stereocenters. The van der Waals surface area contributed by atoms with Crippen molar-refractivity contribution in [3.63, 3.8) is 0 Å². The predicted octanol–water partition coefficient (Wildman–Crippen LogP) is 1.45. The lowest BCUT2D eigenvalue weighted by Gasteiger charge is -2.33. The molecule has 1 aromatic carbocycles. The number of carbonyl (C=O) groups excluding carboxylic acids is 1. The molecule has 138 valence electrons. The van der Waals surface area contributed by atoms with Crippen LogP contribution in [-0.4, -0.2) is 39.1 Å². The number of rotatable bonds is 3. The van der Waals surface area contributed by atoms with Crippen LogP contribution in [-0.2, 0) is 18.6 Å². The average Bonchev–Trinajstić information content (AvgIpc) is 2.74. The van der Waals surface area contributed by atoms with Crippen LogP contribution >= 0.6 is 0 Å². The van der Waals surface area contributed by atoms with E-state index in [0.717, 1.165) is 18.5 Å². The summed E-state index contributed by atoms with van der Waals surface area (Å²) in [7, 11) is 1.96. The van der Waals surface area contributed by atoms with E-state index in [1.54, 1.807) is 0 Å². The highest BCUT2D eigenvalue weighted by Gasteiger charge is 2.35. The molecule has 0 spiro atoms. The quantitative estimate of drug-likeness (QED) is 0.869. The Labute approximate surface area is 152 Å². The molecule has 0 radical (unpaired) electrons. The van der Waals surface area contributed by atoms with Crippen LogP contribution in [0.4, 0.5) is 0 Å². The number of fused-ring (bicyclic) bond motifs is 1. The van der Waals surface area contributed by atoms with Gasteiger partial charge in [-0.15, -0.1) is 0 Å². The number of amides is 1. The van der Waals surface area contributed by atoms with Crippen molar-refractivity contribution in [2.24, 2.45) is 0 Å². The summed E-state index contributed by atoms with van der Waals surface area (Å²) in [5.41, 5.74) is -0.395. The average molecular weight is 356 g/mol. The summed E-state index contributed by atoms with van der Waals surface area (Å²) in [5.74, 6) is -0.667. The minimum atomic E-state index is -0.598. The Kier molecular flexibility index (Phi) is 4.82. The topological polar surface area (TPSA) is 87.5 Å². The Bertz CT molecular complexity index is 874. The molecule has 0 saturated carbocycles. The molecule has 2 aromatic rings. The molecule has 1 aromatic heterocycles. The van der Waals surface area contributed by atoms with Crippen LogP contribution in [0.15, 0.2) is 35.1 Å². The van der Waals surface area contributed by atoms with E-state index in [2.05, 4.69) is 15.2 Å². The van der Waals surface area contributed by atoms with E-state index in [1.807, 2.05) is 51.2 Å². The zero-order valence-corrected chi connectivity index (χ0v) is 15.3. The van der Waals surface area contributed by atoms with Crippen LogP contribution in [0.2, 0.25) is 0 Å². The summed E-state index contributed by atoms with van der Waals surface area (Å²) < 4.78 is 1.48. The Morgan fingerprint density at radius 1 is 1.27 bits per heavy atom. The van der Waals surface area contributed by atoms with Gasteiger partial charge in [0.2, 0.25) is 5.75 Å². The molecule has 3 rings (SSSR count). The lowest BCUT2D eigenvalue weighted by atomic mass is 10.0. The highest BCUT2D eigenvalue weighted by Crippen LogP contribution is 2.28. The fourth-order valence-electron chi connectivity index (χ4n) is 3.16. The summed E-state index contributed by atoms with van der Waals surface area (Å²) in [5, 5.41) is 13.0. The van der Waals surface area contributed by atoms with Gasteiger partial charge in [-0.3, -0.25) is 19.1 Å². The van der Waals surface area contributed by atoms with Crippen LogP contribution < -0.4 is 10.9 Å². The number of hydrogen-bond donors (Lipinski definition) is 2. The van der Waals surface area contributed by atoms with Gasteiger partial charge in [0.15, 0.2) is 5.69 Å². The van der Waals surface area contributed by atoms with Crippen molar-refractivity contribution in [1.29, 1.82) is 0 Å². The third-order valence-corrected chi connectivity index (χ3v) is 5.03. The number of aromatic hydroxyl groups is 1. The maximum Gasteiger partial charge on any atom is 0.296 e. The largest absolute Gasteiger partial charge is 0.501 e. The second kappa shape index (κ2) is 6.92. The minimum absolute atomic E-state index is 0.222. The molecule has 7 nitrogen and oxygen atoms in total. The first-order chi connectivity index (χ1) is 12.3. The smallest absolute Gasteiger partial charge is 0.296 e. The fourth-order valence-corrected chi connectivity index (χ4v) is 3.16. The number of hydrogen-bond acceptors (Lipinski definition) is 5. The van der Waals surface area contributed by atoms with Crippen molar-refractivity contribution < 1.29 is 9.90 Å². The van der Waals surface area contributed by atoms with E-state index in [4.69, 9.17) is 0 Å². The number of carbonyl (C=O) groups is 1. The van der Waals surface area contributed by atoms with Crippen LogP contribution in [0, 0.1) is 0 Å². The zero-order chi connectivity index (χ0) is 18.9. The van der Waals surface area contributed by atoms with E-state index in [1.165, 1.54) is 4.57 Å². The maximum atomic E-state index is 12.6. The Morgan fingerprint density at radius 3 is 2.65 bits per heavy atom. The van der Waals surface area contributed by atoms with Crippen molar-refractivity contribution in [2.75, 3.05) is 13.6 Å². The van der Waals surface area contributed by atoms with E-state index in [0.29, 0.717) is 18.9 Å². The van der Waals surface area contributed by atoms with Gasteiger partial charge in [-0.25, -0.2) is 4.98 Å². The third-order valence-electron chi connectivity index (χ3n) is 5.03. The first-order valence-electron chi connectivity index (χ1n) is 8.70. The summed E-state index contributed by atoms with van der Waals surface area (Å²) in [6.07, 6.45) is 0.771. The molecule has 1 aliphatic rings. The summed E-state index contributed by atoms with van der Waals surface area (Å²) in [6.45, 7) is 5.47. The monoisotopic (exact) mass is 356 g/mol. The van der Waals surface area contributed by atoms with Crippen molar-refractivity contribution >= 4 is 5.91 Å². The molecule has 0 atom stereocenters. The van der Waals surface area contributed by atoms with E-state index >= 15 is 0 Å². The maximum absolute atomic E-state index is 12.6. The highest BCUT2D eigenvalue weighted by molar-refractivity contribution is 5.94. The van der Waals surface area contributed by atoms with E-state index in [9.17, 15) is 14.7 Å². The molecule has 0 aliphatic carbocycles. The number of nitrogens with one attached hydrogen (secondary N) is 1. The molecule has 7 heteroatoms. The summed E-state index contributed by atoms with van der Waals surface area (Å²) in [6, 6.07) is 9.43. The van der Waals surface area contributed by atoms with Gasteiger partial charge in [0.05, 0.1) is 5.54 Å². The first-order valence-corrected chi connectivity index (χ1v) is 8.70. The third kappa shape index (κ3) is 3.22. The molecular weight excluding hydrogens is 332 g/mol. The molecule has 2 heterocycles. The lowest BCUT2D eigenvalue weighted by molar-refractivity contribution is 0.0939. The SMILES string of the molecule is CN1CCCn2c(nc(C(=O)NCc3ccccc3)c(O)c2=O)C1(C)C. The standard InChI is InChI=1S/C19H24N4O3/c1-19(2)18-21-14(16(25)20-12-13-8-5-4-6-9-13)15(24)17(26)23(18)11-7-10-22(19)3/h4-6,8-9,24H,7,10-12H2,1-3H3,(H,20,25). The van der Waals surface area contributed by atoms with Gasteiger partial charge in [0.25, 0.3) is 11.5 Å². The van der Waals surface area contributed by atoms with Gasteiger partial charge in [-0.05, 0) is 32.9 Å². The van der Waals surface area contributed by atoms with Crippen molar-refractivity contribution in [1.82, 2.24) is 19.8 Å². The minimum Gasteiger partial charge on any atom is -0.501 e. The Morgan fingerprint density at radius 2 is 1.96 bits per heavy atom. The zero-order valence-electron chi connectivity index (χ0n) is 15.3. The second-order valence-electron chi connectivity index (χ2n) is 7.09. The Balaban J connectivity index is 1.97. The van der Waals surface area contributed by atoms with Gasteiger partial charge in [0, 0.05) is 19.6 Å². The van der Waals surface area contributed by atoms with Gasteiger partial charge < -0.3 is 10.4 Å². The molecule has 1 amide bonds. The van der Waals surface area contributed by atoms with Crippen molar-refractivity contribution in [2.45, 2.75) is 38.9 Å². The van der Waals surface area contributed by atoms with Gasteiger partial charge in [-0.1, -0.05) is 30.3 Å². The normalized spacial score (nSPS) is 16.6. The fraction of sp³-hybridized carbons (Fsp3) is 0.421. The predicted molar refractivity (Wildman–Crippen MR) is 98.0 cm³/mol. The number of aromatic nitrogens is 2. The number of benzene rings is 1. The van der Waals surface area contributed by atoms with Crippen molar-refractivity contribution in [3.8, 4) is 5.75 Å². The highest BCUT2D eigenvalue weighted by atomic mass is 16.3. The first kappa shape index (κ1) is 18.1. The summed E-state index contributed by atoms with van der Waals surface area (Å²) >= 11 is 0. The van der Waals surface area contributed by atoms with Crippen LogP contribution in [0.1, 0.15) is 42.1 Å². The van der Waals surface area contributed by atoms with Crippen LogP contribution in [0.5, 0.6) is 5.75 Å². The number of nitrogens with zero attached hydrogens (tertiary/aromatic N) is 3. The van der Waals surface area contributed by atoms with Gasteiger partial charge in [0.1, 0.15) is 5.82 Å². The van der Waals surface area contributed by atoms with Gasteiger partial charge >= 0.3 is 0 Å². The summed E-state index contributed by atoms with van der Waals surface area (Å²) in [4.78, 5) is 31.7. The van der Waals surface area contributed by atoms with Gasteiger partial charge in [-0.2, -0.15) is 0 Å². The van der Waals surface area contributed by atoms with Crippen LogP contribution in [0.3, 0.4) is 0 Å². The lowest BCUT2D eigenvalue weighted by Crippen LogP contribution is -2.42. The molecule has 1 aliphatic heterocycles. The van der Waals surface area contributed by atoms with Crippen LogP contribution in [0.25, 0.3) is 0 Å². The molecule has 0 saturated heterocycles. The molecule has 26 heavy (non-hydrogen) atoms. The van der Waals surface area contributed by atoms with E-state index in [-0.39, 0.29) is 5.69 Å². The molecule has 0 fully saturated rings. The second-order valence-corrected chi connectivity index (χ2v) is 7.09. The Hall–Kier alpha value is -2.67. The van der Waals surface area contributed by atoms with Crippen molar-refractivity contribution in [3.05, 3.63) is 57.8 Å².